The molecule has 0 aromatic heterocycles. The summed E-state index contributed by atoms with van der Waals surface area (Å²) in [6.07, 6.45) is 4.85. The lowest BCUT2D eigenvalue weighted by atomic mass is 9.98. The van der Waals surface area contributed by atoms with Crippen LogP contribution in [0.1, 0.15) is 31.2 Å². The van der Waals surface area contributed by atoms with Gasteiger partial charge in [0.2, 0.25) is 0 Å². The predicted molar refractivity (Wildman–Crippen MR) is 91.3 cm³/mol. The Bertz CT molecular complexity index is 535. The second-order valence-corrected chi connectivity index (χ2v) is 6.54. The summed E-state index contributed by atoms with van der Waals surface area (Å²) in [5.41, 5.74) is 0.954. The van der Waals surface area contributed by atoms with Crippen LogP contribution in [0.2, 0.25) is 0 Å². The molecular weight excluding hydrogens is 338 g/mol. The van der Waals surface area contributed by atoms with Crippen molar-refractivity contribution in [3.63, 3.8) is 0 Å². The highest BCUT2D eigenvalue weighted by molar-refractivity contribution is 5.85. The highest BCUT2D eigenvalue weighted by atomic mass is 35.5. The molecule has 136 valence electrons. The number of nitrogens with one attached hydrogen (secondary N) is 1. The van der Waals surface area contributed by atoms with E-state index in [2.05, 4.69) is 22.0 Å². The van der Waals surface area contributed by atoms with Crippen LogP contribution in [0.4, 0.5) is 8.78 Å². The quantitative estimate of drug-likeness (QED) is 0.840. The topological polar surface area (TPSA) is 33.7 Å². The molecule has 1 aromatic rings. The van der Waals surface area contributed by atoms with E-state index in [0.717, 1.165) is 18.4 Å². The zero-order valence-electron chi connectivity index (χ0n) is 14.0. The van der Waals surface area contributed by atoms with Gasteiger partial charge in [0.05, 0.1) is 7.11 Å². The standard InChI is InChI=1S/C17H24F2N2O2.ClH/c1-21(14-8-12-4-5-13(9-14)20-12)10-11-3-6-15(22-2)16(7-11)23-17(18)19;/h3,6-7,12-14,17,20H,4-5,8-10H2,1-2H3;1H. The number of benzene rings is 1. The summed E-state index contributed by atoms with van der Waals surface area (Å²) in [6.45, 7) is -2.13. The van der Waals surface area contributed by atoms with Gasteiger partial charge in [-0.2, -0.15) is 8.78 Å². The number of halogens is 3. The summed E-state index contributed by atoms with van der Waals surface area (Å²) >= 11 is 0. The van der Waals surface area contributed by atoms with E-state index in [1.165, 1.54) is 20.0 Å². The molecule has 2 saturated heterocycles. The zero-order chi connectivity index (χ0) is 16.4. The van der Waals surface area contributed by atoms with E-state index < -0.39 is 6.61 Å². The number of rotatable bonds is 6. The average molecular weight is 363 g/mol. The lowest BCUT2D eigenvalue weighted by molar-refractivity contribution is -0.0512. The van der Waals surface area contributed by atoms with E-state index in [9.17, 15) is 8.78 Å². The molecule has 4 nitrogen and oxygen atoms in total. The molecule has 1 N–H and O–H groups in total. The van der Waals surface area contributed by atoms with E-state index in [0.29, 0.717) is 30.4 Å². The molecule has 0 amide bonds. The fourth-order valence-electron chi connectivity index (χ4n) is 3.81. The van der Waals surface area contributed by atoms with Crippen LogP contribution in [-0.4, -0.2) is 43.8 Å². The maximum absolute atomic E-state index is 12.5. The summed E-state index contributed by atoms with van der Waals surface area (Å²) in [6, 6.07) is 7.05. The van der Waals surface area contributed by atoms with Crippen molar-refractivity contribution < 1.29 is 18.3 Å². The minimum absolute atomic E-state index is 0. The second-order valence-electron chi connectivity index (χ2n) is 6.54. The number of alkyl halides is 2. The van der Waals surface area contributed by atoms with Gasteiger partial charge in [-0.05, 0) is 50.4 Å². The van der Waals surface area contributed by atoms with Crippen LogP contribution < -0.4 is 14.8 Å². The smallest absolute Gasteiger partial charge is 0.387 e. The second kappa shape index (κ2) is 8.32. The van der Waals surface area contributed by atoms with Gasteiger partial charge in [0, 0.05) is 24.7 Å². The van der Waals surface area contributed by atoms with E-state index in [-0.39, 0.29) is 18.2 Å². The molecule has 2 atom stereocenters. The largest absolute Gasteiger partial charge is 0.493 e. The molecule has 2 heterocycles. The molecule has 1 aromatic carbocycles. The number of piperidine rings is 1. The van der Waals surface area contributed by atoms with Crippen LogP contribution in [0, 0.1) is 0 Å². The Morgan fingerprint density at radius 3 is 2.46 bits per heavy atom. The van der Waals surface area contributed by atoms with Crippen molar-refractivity contribution in [3.05, 3.63) is 23.8 Å². The number of methoxy groups -OCH3 is 1. The molecule has 2 unspecified atom stereocenters. The minimum Gasteiger partial charge on any atom is -0.493 e. The van der Waals surface area contributed by atoms with Gasteiger partial charge in [0.25, 0.3) is 0 Å². The Balaban J connectivity index is 0.00000208. The van der Waals surface area contributed by atoms with Crippen LogP contribution >= 0.6 is 12.4 Å². The third-order valence-electron chi connectivity index (χ3n) is 4.95. The van der Waals surface area contributed by atoms with Crippen LogP contribution in [0.3, 0.4) is 0 Å². The van der Waals surface area contributed by atoms with Crippen molar-refractivity contribution >= 4 is 12.4 Å². The third kappa shape index (κ3) is 4.49. The van der Waals surface area contributed by atoms with Gasteiger partial charge < -0.3 is 14.8 Å². The Morgan fingerprint density at radius 1 is 1.21 bits per heavy atom. The van der Waals surface area contributed by atoms with Crippen LogP contribution in [0.25, 0.3) is 0 Å². The van der Waals surface area contributed by atoms with Gasteiger partial charge in [0.1, 0.15) is 0 Å². The first-order valence-corrected chi connectivity index (χ1v) is 8.13. The SMILES string of the molecule is COc1ccc(CN(C)C2CC3CCC(C2)N3)cc1OC(F)F.Cl. The van der Waals surface area contributed by atoms with Crippen molar-refractivity contribution in [2.45, 2.75) is 57.0 Å². The first-order valence-electron chi connectivity index (χ1n) is 8.13. The molecule has 3 rings (SSSR count). The zero-order valence-corrected chi connectivity index (χ0v) is 14.8. The monoisotopic (exact) mass is 362 g/mol. The van der Waals surface area contributed by atoms with Crippen LogP contribution in [0.5, 0.6) is 11.5 Å². The van der Waals surface area contributed by atoms with E-state index >= 15 is 0 Å². The first-order chi connectivity index (χ1) is 11.0. The summed E-state index contributed by atoms with van der Waals surface area (Å²) in [4.78, 5) is 2.32. The third-order valence-corrected chi connectivity index (χ3v) is 4.95. The van der Waals surface area contributed by atoms with Crippen molar-refractivity contribution in [2.75, 3.05) is 14.2 Å². The van der Waals surface area contributed by atoms with Gasteiger partial charge >= 0.3 is 6.61 Å². The Kier molecular flexibility index (Phi) is 6.66. The number of hydrogen-bond donors (Lipinski definition) is 1. The van der Waals surface area contributed by atoms with Gasteiger partial charge in [-0.25, -0.2) is 0 Å². The van der Waals surface area contributed by atoms with Crippen molar-refractivity contribution in [3.8, 4) is 11.5 Å². The molecule has 2 aliphatic heterocycles. The Hall–Kier alpha value is -1.11. The summed E-state index contributed by atoms with van der Waals surface area (Å²) < 4.78 is 34.7. The molecule has 0 spiro atoms. The van der Waals surface area contributed by atoms with Crippen molar-refractivity contribution in [1.29, 1.82) is 0 Å². The van der Waals surface area contributed by atoms with Crippen LogP contribution in [-0.2, 0) is 6.54 Å². The number of fused-ring (bicyclic) bond motifs is 2. The van der Waals surface area contributed by atoms with Gasteiger partial charge in [0.15, 0.2) is 11.5 Å². The minimum atomic E-state index is -2.85. The lowest BCUT2D eigenvalue weighted by Gasteiger charge is -2.35. The number of ether oxygens (including phenoxy) is 2. The first kappa shape index (κ1) is 19.2. The van der Waals surface area contributed by atoms with Crippen molar-refractivity contribution in [2.24, 2.45) is 0 Å². The van der Waals surface area contributed by atoms with Crippen LogP contribution in [0.15, 0.2) is 18.2 Å². The van der Waals surface area contributed by atoms with Gasteiger partial charge in [-0.3, -0.25) is 4.90 Å². The Labute approximate surface area is 147 Å². The molecule has 2 fully saturated rings. The van der Waals surface area contributed by atoms with E-state index in [1.807, 2.05) is 6.07 Å². The van der Waals surface area contributed by atoms with Crippen molar-refractivity contribution in [1.82, 2.24) is 10.2 Å². The lowest BCUT2D eigenvalue weighted by Crippen LogP contribution is -2.46. The molecule has 0 saturated carbocycles. The fourth-order valence-corrected chi connectivity index (χ4v) is 3.81. The molecule has 24 heavy (non-hydrogen) atoms. The molecule has 2 bridgehead atoms. The normalized spacial score (nSPS) is 25.7. The maximum Gasteiger partial charge on any atom is 0.387 e. The van der Waals surface area contributed by atoms with Gasteiger partial charge in [-0.1, -0.05) is 6.07 Å². The molecule has 7 heteroatoms. The molecule has 0 radical (unpaired) electrons. The number of nitrogens with zero attached hydrogens (tertiary/aromatic N) is 1. The summed E-state index contributed by atoms with van der Waals surface area (Å²) in [5.74, 6) is 0.426. The molecular formula is C17H25ClF2N2O2. The highest BCUT2D eigenvalue weighted by Crippen LogP contribution is 2.32. The fraction of sp³-hybridized carbons (Fsp3) is 0.647. The highest BCUT2D eigenvalue weighted by Gasteiger charge is 2.34. The average Bonchev–Trinajstić information content (AvgIpc) is 2.85. The van der Waals surface area contributed by atoms with E-state index in [4.69, 9.17) is 4.74 Å². The Morgan fingerprint density at radius 2 is 1.88 bits per heavy atom. The maximum atomic E-state index is 12.5. The predicted octanol–water partition coefficient (Wildman–Crippen LogP) is 3.43. The summed E-state index contributed by atoms with van der Waals surface area (Å²) in [7, 11) is 3.55. The number of hydrogen-bond acceptors (Lipinski definition) is 4. The summed E-state index contributed by atoms with van der Waals surface area (Å²) in [5, 5.41) is 3.64. The molecule has 2 aliphatic rings. The molecule has 0 aliphatic carbocycles. The van der Waals surface area contributed by atoms with E-state index in [1.54, 1.807) is 12.1 Å². The van der Waals surface area contributed by atoms with Gasteiger partial charge in [-0.15, -0.1) is 12.4 Å².